The number of likely N-dealkylation sites (tertiary alicyclic amines) is 1. The number of nitrogens with two attached hydrogens (primary N) is 1. The molecule has 0 aromatic rings. The minimum Gasteiger partial charge on any atom is -0.402 e. The molecule has 1 saturated heterocycles. The Morgan fingerprint density at radius 3 is 2.28 bits per heavy atom. The van der Waals surface area contributed by atoms with E-state index in [0.717, 1.165) is 29.9 Å². The predicted octanol–water partition coefficient (Wildman–Crippen LogP) is 3.27. The molecule has 1 aliphatic carbocycles. The summed E-state index contributed by atoms with van der Waals surface area (Å²) in [6.45, 7) is 7.93. The van der Waals surface area contributed by atoms with Crippen molar-refractivity contribution in [1.29, 1.82) is 0 Å². The molecule has 18 heavy (non-hydrogen) atoms. The summed E-state index contributed by atoms with van der Waals surface area (Å²) in [6.07, 6.45) is 7.42. The minimum absolute atomic E-state index is 0.253. The molecule has 0 radical (unpaired) electrons. The van der Waals surface area contributed by atoms with Crippen LogP contribution in [0.4, 0.5) is 0 Å². The lowest BCUT2D eigenvalue weighted by molar-refractivity contribution is 0.305. The van der Waals surface area contributed by atoms with E-state index in [4.69, 9.17) is 18.0 Å². The predicted molar refractivity (Wildman–Crippen MR) is 81.7 cm³/mol. The highest BCUT2D eigenvalue weighted by atomic mass is 32.1. The van der Waals surface area contributed by atoms with Crippen molar-refractivity contribution in [1.82, 2.24) is 4.90 Å². The highest BCUT2D eigenvalue weighted by molar-refractivity contribution is 7.80. The zero-order valence-corrected chi connectivity index (χ0v) is 12.6. The third-order valence-electron chi connectivity index (χ3n) is 4.11. The zero-order valence-electron chi connectivity index (χ0n) is 11.8. The van der Waals surface area contributed by atoms with E-state index in [-0.39, 0.29) is 5.41 Å². The van der Waals surface area contributed by atoms with Crippen molar-refractivity contribution in [2.24, 2.45) is 11.1 Å². The Hall–Kier alpha value is -0.410. The molecule has 0 spiro atoms. The number of nitrogens with zero attached hydrogens (tertiary/aromatic N) is 1. The van der Waals surface area contributed by atoms with E-state index in [1.165, 1.54) is 44.3 Å². The normalized spacial score (nSPS) is 26.2. The van der Waals surface area contributed by atoms with Crippen LogP contribution in [-0.4, -0.2) is 29.4 Å². The van der Waals surface area contributed by atoms with Gasteiger partial charge in [-0.15, -0.1) is 0 Å². The summed E-state index contributed by atoms with van der Waals surface area (Å²) < 4.78 is 0. The van der Waals surface area contributed by atoms with Crippen molar-refractivity contribution in [2.45, 2.75) is 52.4 Å². The van der Waals surface area contributed by atoms with Gasteiger partial charge in [0.05, 0.1) is 0 Å². The van der Waals surface area contributed by atoms with Gasteiger partial charge in [-0.05, 0) is 49.8 Å². The lowest BCUT2D eigenvalue weighted by atomic mass is 9.76. The smallest absolute Gasteiger partial charge is 0.0261 e. The summed E-state index contributed by atoms with van der Waals surface area (Å²) in [6, 6.07) is 0. The highest BCUT2D eigenvalue weighted by Crippen LogP contribution is 2.35. The Balaban J connectivity index is 2.05. The molecule has 0 saturated carbocycles. The van der Waals surface area contributed by atoms with Crippen LogP contribution in [0.2, 0.25) is 0 Å². The second-order valence-corrected chi connectivity index (χ2v) is 7.13. The molecular formula is C15H26N2S. The Morgan fingerprint density at radius 2 is 1.72 bits per heavy atom. The molecule has 0 aromatic carbocycles. The molecule has 0 aromatic heterocycles. The SMILES string of the molecule is CC1(C)CC(=S)C(CN2CCCCCC2)=C(N)C1. The van der Waals surface area contributed by atoms with Gasteiger partial charge >= 0.3 is 0 Å². The van der Waals surface area contributed by atoms with Gasteiger partial charge in [0.2, 0.25) is 0 Å². The van der Waals surface area contributed by atoms with Crippen molar-refractivity contribution >= 4 is 17.1 Å². The van der Waals surface area contributed by atoms with Crippen molar-refractivity contribution in [3.05, 3.63) is 11.3 Å². The molecule has 2 N–H and O–H groups in total. The summed E-state index contributed by atoms with van der Waals surface area (Å²) in [7, 11) is 0. The van der Waals surface area contributed by atoms with Gasteiger partial charge in [-0.3, -0.25) is 4.90 Å². The molecule has 102 valence electrons. The maximum atomic E-state index is 6.27. The Morgan fingerprint density at radius 1 is 1.11 bits per heavy atom. The second kappa shape index (κ2) is 5.70. The monoisotopic (exact) mass is 266 g/mol. The van der Waals surface area contributed by atoms with Crippen molar-refractivity contribution in [2.75, 3.05) is 19.6 Å². The first-order valence-corrected chi connectivity index (χ1v) is 7.62. The van der Waals surface area contributed by atoms with Gasteiger partial charge in [0.25, 0.3) is 0 Å². The van der Waals surface area contributed by atoms with E-state index in [1.807, 2.05) is 0 Å². The number of hydrogen-bond acceptors (Lipinski definition) is 3. The molecule has 3 heteroatoms. The summed E-state index contributed by atoms with van der Waals surface area (Å²) in [5, 5.41) is 0. The lowest BCUT2D eigenvalue weighted by Gasteiger charge is -2.34. The van der Waals surface area contributed by atoms with Gasteiger partial charge in [0, 0.05) is 17.1 Å². The van der Waals surface area contributed by atoms with E-state index < -0.39 is 0 Å². The van der Waals surface area contributed by atoms with Crippen molar-refractivity contribution < 1.29 is 0 Å². The topological polar surface area (TPSA) is 29.3 Å². The molecule has 1 fully saturated rings. The average molecular weight is 266 g/mol. The summed E-state index contributed by atoms with van der Waals surface area (Å²) in [5.41, 5.74) is 8.83. The molecule has 0 unspecified atom stereocenters. The van der Waals surface area contributed by atoms with Crippen LogP contribution in [-0.2, 0) is 0 Å². The van der Waals surface area contributed by atoms with E-state index in [0.29, 0.717) is 0 Å². The zero-order chi connectivity index (χ0) is 13.2. The first-order chi connectivity index (χ1) is 8.48. The molecule has 1 heterocycles. The Kier molecular flexibility index (Phi) is 4.44. The van der Waals surface area contributed by atoms with Gasteiger partial charge < -0.3 is 5.73 Å². The average Bonchev–Trinajstić information content (AvgIpc) is 2.50. The van der Waals surface area contributed by atoms with Crippen LogP contribution in [0, 0.1) is 5.41 Å². The molecule has 2 nitrogen and oxygen atoms in total. The van der Waals surface area contributed by atoms with E-state index in [2.05, 4.69) is 18.7 Å². The molecule has 2 rings (SSSR count). The van der Waals surface area contributed by atoms with Crippen LogP contribution in [0.3, 0.4) is 0 Å². The number of thiocarbonyl (C=S) groups is 1. The molecule has 0 bridgehead atoms. The highest BCUT2D eigenvalue weighted by Gasteiger charge is 2.30. The summed E-state index contributed by atoms with van der Waals surface area (Å²) >= 11 is 5.59. The van der Waals surface area contributed by atoms with Gasteiger partial charge in [0.1, 0.15) is 0 Å². The van der Waals surface area contributed by atoms with Crippen LogP contribution in [0.25, 0.3) is 0 Å². The van der Waals surface area contributed by atoms with Crippen LogP contribution >= 0.6 is 12.2 Å². The van der Waals surface area contributed by atoms with Crippen LogP contribution in [0.5, 0.6) is 0 Å². The fourth-order valence-corrected chi connectivity index (χ4v) is 3.70. The van der Waals surface area contributed by atoms with Gasteiger partial charge in [-0.25, -0.2) is 0 Å². The van der Waals surface area contributed by atoms with E-state index in [9.17, 15) is 0 Å². The first kappa shape index (κ1) is 14.0. The first-order valence-electron chi connectivity index (χ1n) is 7.21. The summed E-state index contributed by atoms with van der Waals surface area (Å²) in [4.78, 5) is 3.65. The van der Waals surface area contributed by atoms with Crippen molar-refractivity contribution in [3.8, 4) is 0 Å². The minimum atomic E-state index is 0.253. The van der Waals surface area contributed by atoms with Gasteiger partial charge in [-0.1, -0.05) is 38.9 Å². The third kappa shape index (κ3) is 3.55. The second-order valence-electron chi connectivity index (χ2n) is 6.64. The third-order valence-corrected chi connectivity index (χ3v) is 4.50. The maximum absolute atomic E-state index is 6.27. The molecule has 2 aliphatic rings. The largest absolute Gasteiger partial charge is 0.402 e. The van der Waals surface area contributed by atoms with Crippen molar-refractivity contribution in [3.63, 3.8) is 0 Å². The van der Waals surface area contributed by atoms with E-state index in [1.54, 1.807) is 0 Å². The summed E-state index contributed by atoms with van der Waals surface area (Å²) in [5.74, 6) is 0. The van der Waals surface area contributed by atoms with Crippen LogP contribution in [0.15, 0.2) is 11.3 Å². The van der Waals surface area contributed by atoms with Gasteiger partial charge in [-0.2, -0.15) is 0 Å². The van der Waals surface area contributed by atoms with Gasteiger partial charge in [0.15, 0.2) is 0 Å². The number of allylic oxidation sites excluding steroid dienone is 1. The van der Waals surface area contributed by atoms with Crippen LogP contribution < -0.4 is 5.73 Å². The molecule has 0 atom stereocenters. The lowest BCUT2D eigenvalue weighted by Crippen LogP contribution is -2.35. The standard InChI is InChI=1S/C15H26N2S/c1-15(2)9-13(16)12(14(18)10-15)11-17-7-5-3-4-6-8-17/h3-11,16H2,1-2H3. The van der Waals surface area contributed by atoms with Crippen LogP contribution in [0.1, 0.15) is 52.4 Å². The molecule has 1 aliphatic heterocycles. The fraction of sp³-hybridized carbons (Fsp3) is 0.800. The van der Waals surface area contributed by atoms with E-state index >= 15 is 0 Å². The maximum Gasteiger partial charge on any atom is 0.0261 e. The Bertz CT molecular complexity index is 350. The number of rotatable bonds is 2. The molecular weight excluding hydrogens is 240 g/mol. The fourth-order valence-electron chi connectivity index (χ4n) is 3.11. The number of hydrogen-bond donors (Lipinski definition) is 1. The quantitative estimate of drug-likeness (QED) is 0.778. The Labute approximate surface area is 117 Å². The molecule has 0 amide bonds.